The predicted octanol–water partition coefficient (Wildman–Crippen LogP) is -1.45. The molecule has 1 aromatic heterocycles. The lowest BCUT2D eigenvalue weighted by molar-refractivity contribution is -0.167. The first kappa shape index (κ1) is 27.3. The van der Waals surface area contributed by atoms with Gasteiger partial charge in [-0.15, -0.1) is 11.3 Å². The Hall–Kier alpha value is -3.73. The molecule has 0 radical (unpaired) electrons. The van der Waals surface area contributed by atoms with Crippen molar-refractivity contribution in [1.29, 1.82) is 0 Å². The summed E-state index contributed by atoms with van der Waals surface area (Å²) in [5.41, 5.74) is 6.22. The van der Waals surface area contributed by atoms with Crippen LogP contribution in [0.25, 0.3) is 0 Å². The molecule has 202 valence electrons. The van der Waals surface area contributed by atoms with Crippen LogP contribution >= 0.6 is 11.3 Å². The van der Waals surface area contributed by atoms with E-state index in [1.165, 1.54) is 22.4 Å². The fraction of sp³-hybridized carbons (Fsp3) is 0.409. The Bertz CT molecular complexity index is 1260. The molecule has 0 aliphatic carbocycles. The third kappa shape index (κ3) is 5.43. The quantitative estimate of drug-likeness (QED) is 0.128. The molecule has 2 unspecified atom stereocenters. The fourth-order valence-electron chi connectivity index (χ4n) is 4.34. The lowest BCUT2D eigenvalue weighted by Gasteiger charge is -2.39. The molecule has 4 rings (SSSR count). The van der Waals surface area contributed by atoms with Crippen LogP contribution in [-0.4, -0.2) is 92.3 Å². The average Bonchev–Trinajstić information content (AvgIpc) is 3.29. The molecule has 3 heterocycles. The number of aromatic carboxylic acids is 1. The van der Waals surface area contributed by atoms with Crippen molar-refractivity contribution < 1.29 is 39.1 Å². The van der Waals surface area contributed by atoms with Gasteiger partial charge in [-0.1, -0.05) is 12.1 Å². The van der Waals surface area contributed by atoms with Gasteiger partial charge in [-0.2, -0.15) is 0 Å². The summed E-state index contributed by atoms with van der Waals surface area (Å²) in [5.74, 6) is -4.62. The van der Waals surface area contributed by atoms with Crippen molar-refractivity contribution in [3.05, 3.63) is 40.4 Å². The van der Waals surface area contributed by atoms with E-state index in [0.717, 1.165) is 16.2 Å². The molecule has 0 bridgehead atoms. The maximum absolute atomic E-state index is 13.4. The number of nitrogens with one attached hydrogen (secondary N) is 2. The van der Waals surface area contributed by atoms with Crippen molar-refractivity contribution in [3.63, 3.8) is 0 Å². The summed E-state index contributed by atoms with van der Waals surface area (Å²) in [4.78, 5) is 56.3. The molecule has 2 aliphatic rings. The smallest absolute Gasteiger partial charge is 0.534 e. The maximum Gasteiger partial charge on any atom is 0.547 e. The average molecular weight is 546 g/mol. The van der Waals surface area contributed by atoms with E-state index in [0.29, 0.717) is 5.56 Å². The molecule has 14 nitrogen and oxygen atoms in total. The zero-order chi connectivity index (χ0) is 27.7. The number of para-hydroxylation sites is 1. The van der Waals surface area contributed by atoms with E-state index < -0.39 is 49.1 Å². The van der Waals surface area contributed by atoms with Crippen LogP contribution in [0, 0.1) is 0 Å². The number of benzene rings is 1. The monoisotopic (exact) mass is 546 g/mol. The topological polar surface area (TPSA) is 208 Å². The first-order chi connectivity index (χ1) is 18.0. The number of aliphatic hydroxyl groups excluding tert-OH is 1. The molecular formula is C22H27BN6O8S. The van der Waals surface area contributed by atoms with Crippen LogP contribution in [-0.2, 0) is 20.8 Å². The van der Waals surface area contributed by atoms with Gasteiger partial charge in [-0.3, -0.25) is 24.6 Å². The summed E-state index contributed by atoms with van der Waals surface area (Å²) in [6.45, 7) is 3.77. The Labute approximate surface area is 221 Å². The van der Waals surface area contributed by atoms with Crippen molar-refractivity contribution in [3.8, 4) is 5.75 Å². The number of nitrogen functional groups attached to an aromatic ring is 1. The number of nitrogens with two attached hydrogens (primary N) is 1. The third-order valence-electron chi connectivity index (χ3n) is 6.30. The summed E-state index contributed by atoms with van der Waals surface area (Å²) >= 11 is 1.05. The van der Waals surface area contributed by atoms with E-state index in [9.17, 15) is 34.4 Å². The van der Waals surface area contributed by atoms with Crippen LogP contribution in [0.5, 0.6) is 5.75 Å². The van der Waals surface area contributed by atoms with Gasteiger partial charge in [0.2, 0.25) is 5.91 Å². The number of aliphatic hydroxyl groups is 1. The predicted molar refractivity (Wildman–Crippen MR) is 135 cm³/mol. The van der Waals surface area contributed by atoms with Crippen molar-refractivity contribution in [2.75, 3.05) is 18.8 Å². The Kier molecular flexibility index (Phi) is 7.87. The summed E-state index contributed by atoms with van der Waals surface area (Å²) in [5, 5.41) is 37.6. The summed E-state index contributed by atoms with van der Waals surface area (Å²) < 4.78 is 5.42. The van der Waals surface area contributed by atoms with Crippen LogP contribution in [0.4, 0.5) is 5.13 Å². The first-order valence-electron chi connectivity index (χ1n) is 11.7. The second-order valence-corrected chi connectivity index (χ2v) is 9.99. The Morgan fingerprint density at radius 1 is 1.24 bits per heavy atom. The Balaban J connectivity index is 1.51. The molecule has 0 spiro atoms. The zero-order valence-electron chi connectivity index (χ0n) is 20.5. The second-order valence-electron chi connectivity index (χ2n) is 9.10. The normalized spacial score (nSPS) is 19.2. The van der Waals surface area contributed by atoms with Crippen molar-refractivity contribution in [2.45, 2.75) is 44.6 Å². The summed E-state index contributed by atoms with van der Waals surface area (Å²) in [7, 11) is -1.57. The number of aromatic nitrogens is 1. The van der Waals surface area contributed by atoms with Gasteiger partial charge >= 0.3 is 24.9 Å². The molecular weight excluding hydrogens is 519 g/mol. The van der Waals surface area contributed by atoms with Gasteiger partial charge in [0.1, 0.15) is 11.8 Å². The highest BCUT2D eigenvalue weighted by molar-refractivity contribution is 7.13. The SMILES string of the molecule is CC(C)N1CCN(C(O)NC(C(=O)N[C@H]2Cc3cccc(C(=O)O)c3OB2O)c2csc(N)n2)C(=O)C1=O. The summed E-state index contributed by atoms with van der Waals surface area (Å²) in [6.07, 6.45) is -1.66. The van der Waals surface area contributed by atoms with Gasteiger partial charge < -0.3 is 35.8 Å². The molecule has 7 N–H and O–H groups in total. The molecule has 3 atom stereocenters. The van der Waals surface area contributed by atoms with Crippen LogP contribution < -0.4 is 21.0 Å². The lowest BCUT2D eigenvalue weighted by atomic mass is 9.72. The highest BCUT2D eigenvalue weighted by Crippen LogP contribution is 2.30. The van der Waals surface area contributed by atoms with Crippen LogP contribution in [0.15, 0.2) is 23.6 Å². The Morgan fingerprint density at radius 3 is 2.55 bits per heavy atom. The number of carbonyl (C=O) groups is 4. The van der Waals surface area contributed by atoms with Gasteiger partial charge in [0.15, 0.2) is 11.5 Å². The number of carbonyl (C=O) groups excluding carboxylic acids is 3. The molecule has 38 heavy (non-hydrogen) atoms. The van der Waals surface area contributed by atoms with Gasteiger partial charge in [0.05, 0.1) is 17.2 Å². The number of thiazole rings is 1. The van der Waals surface area contributed by atoms with E-state index in [1.807, 2.05) is 0 Å². The molecule has 1 fully saturated rings. The van der Waals surface area contributed by atoms with E-state index in [1.54, 1.807) is 19.9 Å². The highest BCUT2D eigenvalue weighted by Gasteiger charge is 2.41. The van der Waals surface area contributed by atoms with Crippen LogP contribution in [0.3, 0.4) is 0 Å². The number of hydrogen-bond donors (Lipinski definition) is 6. The largest absolute Gasteiger partial charge is 0.547 e. The molecule has 3 amide bonds. The molecule has 16 heteroatoms. The fourth-order valence-corrected chi connectivity index (χ4v) is 4.93. The molecule has 0 saturated carbocycles. The van der Waals surface area contributed by atoms with Gasteiger partial charge in [0.25, 0.3) is 0 Å². The number of nitrogens with zero attached hydrogens (tertiary/aromatic N) is 3. The first-order valence-corrected chi connectivity index (χ1v) is 12.6. The summed E-state index contributed by atoms with van der Waals surface area (Å²) in [6, 6.07) is 2.96. The molecule has 2 aliphatic heterocycles. The number of rotatable bonds is 8. The van der Waals surface area contributed by atoms with Crippen LogP contribution in [0.1, 0.15) is 41.5 Å². The maximum atomic E-state index is 13.4. The van der Waals surface area contributed by atoms with Crippen LogP contribution in [0.2, 0.25) is 0 Å². The van der Waals surface area contributed by atoms with Gasteiger partial charge in [-0.05, 0) is 31.9 Å². The number of amides is 3. The van der Waals surface area contributed by atoms with E-state index in [2.05, 4.69) is 15.6 Å². The minimum Gasteiger partial charge on any atom is -0.534 e. The third-order valence-corrected chi connectivity index (χ3v) is 6.99. The lowest BCUT2D eigenvalue weighted by Crippen LogP contribution is -2.63. The Morgan fingerprint density at radius 2 is 1.92 bits per heavy atom. The van der Waals surface area contributed by atoms with Crippen molar-refractivity contribution in [2.24, 2.45) is 0 Å². The number of hydrogen-bond acceptors (Lipinski definition) is 11. The minimum atomic E-state index is -1.72. The number of fused-ring (bicyclic) bond motifs is 1. The zero-order valence-corrected chi connectivity index (χ0v) is 21.3. The van der Waals surface area contributed by atoms with E-state index in [-0.39, 0.29) is 47.7 Å². The number of carboxylic acid groups (broad SMARTS) is 1. The second kappa shape index (κ2) is 10.9. The van der Waals surface area contributed by atoms with Crippen molar-refractivity contribution in [1.82, 2.24) is 25.4 Å². The molecule has 1 saturated heterocycles. The molecule has 1 aromatic carbocycles. The molecule has 2 aromatic rings. The number of anilines is 1. The van der Waals surface area contributed by atoms with Gasteiger partial charge in [0, 0.05) is 24.5 Å². The van der Waals surface area contributed by atoms with Crippen molar-refractivity contribution >= 4 is 47.3 Å². The highest BCUT2D eigenvalue weighted by atomic mass is 32.1. The van der Waals surface area contributed by atoms with E-state index >= 15 is 0 Å². The van der Waals surface area contributed by atoms with Gasteiger partial charge in [-0.25, -0.2) is 9.78 Å². The minimum absolute atomic E-state index is 0.0130. The standard InChI is InChI=1S/C22H27BN6O8S/c1-10(2)28-6-7-29(19(32)18(28)31)22(35)27-15(13-9-38-21(24)25-13)17(30)26-14-8-11-4-3-5-12(20(33)34)16(11)37-23(14)36/h3-5,9-10,14-15,22,27,35-36H,6-8H2,1-2H3,(H2,24,25)(H,26,30)(H,33,34)/t14-,15?,22?/m0/s1. The van der Waals surface area contributed by atoms with E-state index in [4.69, 9.17) is 10.4 Å². The number of piperazine rings is 1. The number of carboxylic acids is 1.